The Morgan fingerprint density at radius 3 is 2.71 bits per heavy atom. The Kier molecular flexibility index (Phi) is 3.78. The van der Waals surface area contributed by atoms with Crippen molar-refractivity contribution in [2.75, 3.05) is 17.4 Å². The average molecular weight is 235 g/mol. The quantitative estimate of drug-likeness (QED) is 0.618. The zero-order chi connectivity index (χ0) is 12.3. The van der Waals surface area contributed by atoms with Crippen LogP contribution in [-0.4, -0.2) is 23.1 Å². The summed E-state index contributed by atoms with van der Waals surface area (Å²) in [6.07, 6.45) is 8.33. The van der Waals surface area contributed by atoms with E-state index in [0.717, 1.165) is 11.4 Å². The van der Waals surface area contributed by atoms with Crippen LogP contribution in [0.5, 0.6) is 0 Å². The van der Waals surface area contributed by atoms with Gasteiger partial charge < -0.3 is 4.90 Å². The van der Waals surface area contributed by atoms with Gasteiger partial charge in [0.05, 0.1) is 0 Å². The van der Waals surface area contributed by atoms with Crippen LogP contribution in [0.3, 0.4) is 0 Å². The van der Waals surface area contributed by atoms with Crippen LogP contribution in [0.2, 0.25) is 0 Å². The molecule has 0 spiro atoms. The van der Waals surface area contributed by atoms with Crippen LogP contribution in [0.25, 0.3) is 0 Å². The van der Waals surface area contributed by atoms with Gasteiger partial charge in [0.15, 0.2) is 0 Å². The molecular formula is C12H21N5. The zero-order valence-electron chi connectivity index (χ0n) is 10.6. The van der Waals surface area contributed by atoms with Crippen LogP contribution in [0.15, 0.2) is 6.20 Å². The maximum atomic E-state index is 5.35. The summed E-state index contributed by atoms with van der Waals surface area (Å²) in [5.74, 6) is 6.82. The molecule has 5 nitrogen and oxygen atoms in total. The molecule has 1 heterocycles. The first-order valence-electron chi connectivity index (χ1n) is 6.25. The zero-order valence-corrected chi connectivity index (χ0v) is 10.6. The predicted octanol–water partition coefficient (Wildman–Crippen LogP) is 1.84. The molecule has 0 atom stereocenters. The summed E-state index contributed by atoms with van der Waals surface area (Å²) in [5, 5.41) is 0. The molecule has 3 N–H and O–H groups in total. The smallest absolute Gasteiger partial charge is 0.239 e. The molecule has 1 aromatic rings. The SMILES string of the molecule is Cc1cnc(NN)nc1N(C)C1CCCCC1. The Bertz CT molecular complexity index is 373. The standard InChI is InChI=1S/C12H21N5/c1-9-8-14-12(16-13)15-11(9)17(2)10-6-4-3-5-7-10/h8,10H,3-7,13H2,1-2H3,(H,14,15,16). The van der Waals surface area contributed by atoms with Crippen LogP contribution >= 0.6 is 0 Å². The molecule has 2 rings (SSSR count). The lowest BCUT2D eigenvalue weighted by atomic mass is 9.94. The van der Waals surface area contributed by atoms with Crippen molar-refractivity contribution in [3.05, 3.63) is 11.8 Å². The van der Waals surface area contributed by atoms with Crippen LogP contribution in [-0.2, 0) is 0 Å². The van der Waals surface area contributed by atoms with Gasteiger partial charge in [0.2, 0.25) is 5.95 Å². The van der Waals surface area contributed by atoms with Crippen molar-refractivity contribution in [2.24, 2.45) is 5.84 Å². The second kappa shape index (κ2) is 5.31. The second-order valence-electron chi connectivity index (χ2n) is 4.75. The Morgan fingerprint density at radius 1 is 1.35 bits per heavy atom. The van der Waals surface area contributed by atoms with Gasteiger partial charge in [0.25, 0.3) is 0 Å². The van der Waals surface area contributed by atoms with Gasteiger partial charge in [-0.3, -0.25) is 5.43 Å². The number of aryl methyl sites for hydroxylation is 1. The lowest BCUT2D eigenvalue weighted by Gasteiger charge is -2.32. The summed E-state index contributed by atoms with van der Waals surface area (Å²) in [6.45, 7) is 2.04. The number of hydrazine groups is 1. The molecule has 1 aliphatic rings. The number of hydrogen-bond donors (Lipinski definition) is 2. The normalized spacial score (nSPS) is 16.9. The fourth-order valence-electron chi connectivity index (χ4n) is 2.50. The number of hydrogen-bond acceptors (Lipinski definition) is 5. The number of aromatic nitrogens is 2. The number of nitrogens with one attached hydrogen (secondary N) is 1. The summed E-state index contributed by atoms with van der Waals surface area (Å²) in [4.78, 5) is 10.8. The number of rotatable bonds is 3. The van der Waals surface area contributed by atoms with Gasteiger partial charge in [0.1, 0.15) is 5.82 Å². The van der Waals surface area contributed by atoms with E-state index in [2.05, 4.69) is 27.3 Å². The van der Waals surface area contributed by atoms with E-state index in [9.17, 15) is 0 Å². The summed E-state index contributed by atoms with van der Waals surface area (Å²) in [7, 11) is 2.12. The van der Waals surface area contributed by atoms with Gasteiger partial charge in [-0.05, 0) is 19.8 Å². The molecule has 0 aromatic carbocycles. The molecule has 0 amide bonds. The van der Waals surface area contributed by atoms with Crippen LogP contribution in [0.4, 0.5) is 11.8 Å². The summed E-state index contributed by atoms with van der Waals surface area (Å²) >= 11 is 0. The van der Waals surface area contributed by atoms with Gasteiger partial charge in [0, 0.05) is 24.8 Å². The van der Waals surface area contributed by atoms with E-state index >= 15 is 0 Å². The number of nitrogens with zero attached hydrogens (tertiary/aromatic N) is 3. The molecule has 0 saturated heterocycles. The van der Waals surface area contributed by atoms with Gasteiger partial charge in [-0.25, -0.2) is 10.8 Å². The Labute approximate surface area is 102 Å². The third kappa shape index (κ3) is 2.66. The monoisotopic (exact) mass is 235 g/mol. The van der Waals surface area contributed by atoms with Crippen molar-refractivity contribution in [1.29, 1.82) is 0 Å². The average Bonchev–Trinajstić information content (AvgIpc) is 2.39. The van der Waals surface area contributed by atoms with Crippen molar-refractivity contribution < 1.29 is 0 Å². The number of nitrogen functional groups attached to an aromatic ring is 1. The topological polar surface area (TPSA) is 67.1 Å². The maximum Gasteiger partial charge on any atom is 0.239 e. The van der Waals surface area contributed by atoms with Gasteiger partial charge >= 0.3 is 0 Å². The first kappa shape index (κ1) is 12.1. The molecule has 94 valence electrons. The minimum absolute atomic E-state index is 0.480. The minimum atomic E-state index is 0.480. The fraction of sp³-hybridized carbons (Fsp3) is 0.667. The van der Waals surface area contributed by atoms with Crippen molar-refractivity contribution >= 4 is 11.8 Å². The van der Waals surface area contributed by atoms with E-state index in [1.54, 1.807) is 0 Å². The van der Waals surface area contributed by atoms with Crippen LogP contribution in [0.1, 0.15) is 37.7 Å². The molecule has 0 radical (unpaired) electrons. The van der Waals surface area contributed by atoms with Gasteiger partial charge in [-0.15, -0.1) is 0 Å². The molecule has 1 aliphatic carbocycles. The van der Waals surface area contributed by atoms with E-state index < -0.39 is 0 Å². The minimum Gasteiger partial charge on any atom is -0.356 e. The Balaban J connectivity index is 2.19. The van der Waals surface area contributed by atoms with Crippen molar-refractivity contribution in [3.8, 4) is 0 Å². The maximum absolute atomic E-state index is 5.35. The highest BCUT2D eigenvalue weighted by Crippen LogP contribution is 2.26. The summed E-state index contributed by atoms with van der Waals surface area (Å²) < 4.78 is 0. The van der Waals surface area contributed by atoms with Crippen LogP contribution in [0, 0.1) is 6.92 Å². The summed E-state index contributed by atoms with van der Waals surface area (Å²) in [6, 6.07) is 0.600. The molecule has 1 saturated carbocycles. The first-order valence-corrected chi connectivity index (χ1v) is 6.25. The van der Waals surface area contributed by atoms with Crippen molar-refractivity contribution in [2.45, 2.75) is 45.1 Å². The predicted molar refractivity (Wildman–Crippen MR) is 69.9 cm³/mol. The van der Waals surface area contributed by atoms with Gasteiger partial charge in [-0.2, -0.15) is 4.98 Å². The molecule has 1 aromatic heterocycles. The molecule has 1 fully saturated rings. The van der Waals surface area contributed by atoms with E-state index in [1.165, 1.54) is 32.1 Å². The fourth-order valence-corrected chi connectivity index (χ4v) is 2.50. The van der Waals surface area contributed by atoms with E-state index in [-0.39, 0.29) is 0 Å². The van der Waals surface area contributed by atoms with E-state index in [1.807, 2.05) is 13.1 Å². The molecule has 0 bridgehead atoms. The molecular weight excluding hydrogens is 214 g/mol. The largest absolute Gasteiger partial charge is 0.356 e. The summed E-state index contributed by atoms with van der Waals surface area (Å²) in [5.41, 5.74) is 3.60. The lowest BCUT2D eigenvalue weighted by Crippen LogP contribution is -2.34. The Hall–Kier alpha value is -1.36. The van der Waals surface area contributed by atoms with Crippen molar-refractivity contribution in [3.63, 3.8) is 0 Å². The molecule has 17 heavy (non-hydrogen) atoms. The highest BCUT2D eigenvalue weighted by Gasteiger charge is 2.20. The third-order valence-electron chi connectivity index (χ3n) is 3.53. The first-order chi connectivity index (χ1) is 8.22. The number of nitrogens with two attached hydrogens (primary N) is 1. The van der Waals surface area contributed by atoms with E-state index in [4.69, 9.17) is 5.84 Å². The van der Waals surface area contributed by atoms with Crippen molar-refractivity contribution in [1.82, 2.24) is 9.97 Å². The molecule has 5 heteroatoms. The highest BCUT2D eigenvalue weighted by molar-refractivity contribution is 5.48. The Morgan fingerprint density at radius 2 is 2.06 bits per heavy atom. The second-order valence-corrected chi connectivity index (χ2v) is 4.75. The lowest BCUT2D eigenvalue weighted by molar-refractivity contribution is 0.425. The molecule has 0 aliphatic heterocycles. The number of anilines is 2. The van der Waals surface area contributed by atoms with Crippen LogP contribution < -0.4 is 16.2 Å². The molecule has 0 unspecified atom stereocenters. The highest BCUT2D eigenvalue weighted by atomic mass is 15.3. The van der Waals surface area contributed by atoms with E-state index in [0.29, 0.717) is 12.0 Å². The third-order valence-corrected chi connectivity index (χ3v) is 3.53. The van der Waals surface area contributed by atoms with Gasteiger partial charge in [-0.1, -0.05) is 19.3 Å².